The van der Waals surface area contributed by atoms with Crippen molar-refractivity contribution in [3.8, 4) is 0 Å². The van der Waals surface area contributed by atoms with Crippen molar-refractivity contribution in [3.63, 3.8) is 0 Å². The first-order chi connectivity index (χ1) is 14.5. The highest BCUT2D eigenvalue weighted by Gasteiger charge is 2.82. The first-order valence-electron chi connectivity index (χ1n) is 12.6. The van der Waals surface area contributed by atoms with Crippen LogP contribution in [0.2, 0.25) is 0 Å². The van der Waals surface area contributed by atoms with Gasteiger partial charge in [-0.25, -0.2) is 0 Å². The van der Waals surface area contributed by atoms with Gasteiger partial charge in [0.1, 0.15) is 6.04 Å². The number of nitrogens with zero attached hydrogens (tertiary/aromatic N) is 2. The van der Waals surface area contributed by atoms with Gasteiger partial charge in [-0.2, -0.15) is 0 Å². The minimum atomic E-state index is -0.272. The van der Waals surface area contributed by atoms with E-state index in [1.807, 2.05) is 0 Å². The molecule has 30 heavy (non-hydrogen) atoms. The lowest BCUT2D eigenvalue weighted by Gasteiger charge is -2.68. The molecule has 1 saturated carbocycles. The van der Waals surface area contributed by atoms with Crippen LogP contribution in [0.1, 0.15) is 64.4 Å². The number of hydrogen-bond acceptors (Lipinski definition) is 3. The first-order valence-corrected chi connectivity index (χ1v) is 12.6. The van der Waals surface area contributed by atoms with E-state index in [1.54, 1.807) is 0 Å². The largest absolute Gasteiger partial charge is 0.392 e. The summed E-state index contributed by atoms with van der Waals surface area (Å²) in [6.45, 7) is 5.62. The second-order valence-electron chi connectivity index (χ2n) is 11.1. The van der Waals surface area contributed by atoms with Crippen LogP contribution in [0.3, 0.4) is 0 Å². The van der Waals surface area contributed by atoms with Crippen molar-refractivity contribution in [1.29, 1.82) is 0 Å². The van der Waals surface area contributed by atoms with Gasteiger partial charge in [0.25, 0.3) is 0 Å². The number of quaternary nitrogens is 1. The Kier molecular flexibility index (Phi) is 4.22. The highest BCUT2D eigenvalue weighted by atomic mass is 16.3. The first kappa shape index (κ1) is 19.6. The normalized spacial score (nSPS) is 49.6. The standard InChI is InChI=1S/C26H39N2O2/c1-4-6-7-10-13-28-20-14-17(16(5-2)25(28)30)22-21(28)15-26(24(22)29)18-11-8-9-12-19(18)27(3)23(20)26/h8-9,11-12,16-17,20-25,29-30H,4-7,10,13-15H2,1-3H3/q+1/t16-,17-,20?,21-,22?,23-,24-,25+,26?,28?/m0/s1. The fraction of sp³-hybridized carbons (Fsp3) is 0.769. The molecule has 4 unspecified atom stereocenters. The zero-order valence-electron chi connectivity index (χ0n) is 18.9. The molecule has 7 rings (SSSR count). The van der Waals surface area contributed by atoms with Crippen LogP contribution in [-0.4, -0.2) is 58.7 Å². The van der Waals surface area contributed by atoms with Crippen molar-refractivity contribution >= 4 is 5.69 Å². The van der Waals surface area contributed by atoms with E-state index < -0.39 is 0 Å². The molecule has 1 aromatic rings. The Bertz CT molecular complexity index is 844. The van der Waals surface area contributed by atoms with Gasteiger partial charge in [-0.1, -0.05) is 44.9 Å². The highest BCUT2D eigenvalue weighted by Crippen LogP contribution is 2.71. The van der Waals surface area contributed by atoms with E-state index in [2.05, 4.69) is 50.1 Å². The average molecular weight is 412 g/mol. The predicted molar refractivity (Wildman–Crippen MR) is 119 cm³/mol. The van der Waals surface area contributed by atoms with Gasteiger partial charge in [-0.15, -0.1) is 0 Å². The number of benzene rings is 1. The summed E-state index contributed by atoms with van der Waals surface area (Å²) in [4.78, 5) is 2.50. The molecule has 5 heterocycles. The number of hydrogen-bond donors (Lipinski definition) is 2. The van der Waals surface area contributed by atoms with Crippen molar-refractivity contribution in [2.45, 2.75) is 94.7 Å². The molecular formula is C26H39N2O2+. The Morgan fingerprint density at radius 1 is 1.10 bits per heavy atom. The molecule has 10 atom stereocenters. The molecule has 4 heteroatoms. The molecule has 5 bridgehead atoms. The van der Waals surface area contributed by atoms with Crippen LogP contribution in [0.25, 0.3) is 0 Å². The third-order valence-corrected chi connectivity index (χ3v) is 10.5. The van der Waals surface area contributed by atoms with Crippen molar-refractivity contribution in [1.82, 2.24) is 0 Å². The second kappa shape index (κ2) is 6.46. The molecule has 5 aliphatic heterocycles. The summed E-state index contributed by atoms with van der Waals surface area (Å²) in [6, 6.07) is 10.0. The Labute approximate surface area is 181 Å². The number of para-hydroxylation sites is 1. The second-order valence-corrected chi connectivity index (χ2v) is 11.1. The maximum atomic E-state index is 12.0. The number of aliphatic hydroxyl groups excluding tert-OH is 2. The zero-order valence-corrected chi connectivity index (χ0v) is 18.9. The lowest BCUT2D eigenvalue weighted by Crippen LogP contribution is -2.83. The Morgan fingerprint density at radius 3 is 2.67 bits per heavy atom. The maximum Gasteiger partial charge on any atom is 0.194 e. The molecular weight excluding hydrogens is 372 g/mol. The van der Waals surface area contributed by atoms with Crippen molar-refractivity contribution in [3.05, 3.63) is 29.8 Å². The number of piperidine rings is 4. The molecule has 0 radical (unpaired) electrons. The van der Waals surface area contributed by atoms with E-state index >= 15 is 0 Å². The maximum absolute atomic E-state index is 12.0. The third kappa shape index (κ3) is 1.96. The molecule has 0 aromatic heterocycles. The predicted octanol–water partition coefficient (Wildman–Crippen LogP) is 3.65. The Morgan fingerprint density at radius 2 is 1.90 bits per heavy atom. The Balaban J connectivity index is 1.50. The summed E-state index contributed by atoms with van der Waals surface area (Å²) < 4.78 is 0.894. The molecule has 4 nitrogen and oxygen atoms in total. The van der Waals surface area contributed by atoms with Crippen LogP contribution in [0.15, 0.2) is 24.3 Å². The smallest absolute Gasteiger partial charge is 0.194 e. The summed E-state index contributed by atoms with van der Waals surface area (Å²) in [6.07, 6.45) is 7.77. The molecule has 2 N–H and O–H groups in total. The summed E-state index contributed by atoms with van der Waals surface area (Å²) >= 11 is 0. The van der Waals surface area contributed by atoms with Crippen LogP contribution in [0.4, 0.5) is 5.69 Å². The molecule has 4 saturated heterocycles. The molecule has 1 aliphatic carbocycles. The van der Waals surface area contributed by atoms with Crippen LogP contribution in [0.5, 0.6) is 0 Å². The van der Waals surface area contributed by atoms with Gasteiger partial charge in [0.15, 0.2) is 6.23 Å². The van der Waals surface area contributed by atoms with E-state index in [-0.39, 0.29) is 17.7 Å². The van der Waals surface area contributed by atoms with Crippen molar-refractivity contribution in [2.75, 3.05) is 18.5 Å². The van der Waals surface area contributed by atoms with E-state index in [1.165, 1.54) is 43.4 Å². The number of aliphatic hydroxyl groups is 2. The van der Waals surface area contributed by atoms with Crippen molar-refractivity contribution in [2.24, 2.45) is 17.8 Å². The molecule has 5 fully saturated rings. The van der Waals surface area contributed by atoms with Crippen LogP contribution in [-0.2, 0) is 5.41 Å². The minimum Gasteiger partial charge on any atom is -0.392 e. The average Bonchev–Trinajstić information content (AvgIpc) is 3.14. The van der Waals surface area contributed by atoms with Gasteiger partial charge in [-0.05, 0) is 36.8 Å². The van der Waals surface area contributed by atoms with Gasteiger partial charge in [-0.3, -0.25) is 4.48 Å². The van der Waals surface area contributed by atoms with E-state index in [4.69, 9.17) is 0 Å². The number of anilines is 1. The van der Waals surface area contributed by atoms with E-state index in [9.17, 15) is 10.2 Å². The van der Waals surface area contributed by atoms with E-state index in [0.29, 0.717) is 35.9 Å². The van der Waals surface area contributed by atoms with Gasteiger partial charge in [0, 0.05) is 37.4 Å². The number of unbranched alkanes of at least 4 members (excludes halogenated alkanes) is 3. The SMILES string of the molecule is CCCCCC[N+]12C3C[C@H](C4[C@H](O)C5(C[C@@H]41)c1ccccc1N(C)[C@@H]35)[C@H](CC)[C@H]2O. The highest BCUT2D eigenvalue weighted by molar-refractivity contribution is 5.66. The topological polar surface area (TPSA) is 43.7 Å². The molecule has 164 valence electrons. The monoisotopic (exact) mass is 411 g/mol. The van der Waals surface area contributed by atoms with Gasteiger partial charge in [0.05, 0.1) is 30.1 Å². The van der Waals surface area contributed by atoms with Gasteiger partial charge < -0.3 is 15.1 Å². The molecule has 1 spiro atoms. The van der Waals surface area contributed by atoms with E-state index in [0.717, 1.165) is 23.9 Å². The fourth-order valence-electron chi connectivity index (χ4n) is 9.65. The van der Waals surface area contributed by atoms with Crippen LogP contribution in [0, 0.1) is 17.8 Å². The molecule has 0 amide bonds. The van der Waals surface area contributed by atoms with Gasteiger partial charge >= 0.3 is 0 Å². The quantitative estimate of drug-likeness (QED) is 0.555. The Hall–Kier alpha value is -1.10. The lowest BCUT2D eigenvalue weighted by molar-refractivity contribution is -1.04. The lowest BCUT2D eigenvalue weighted by atomic mass is 9.60. The third-order valence-electron chi connectivity index (χ3n) is 10.5. The number of fused-ring (bicyclic) bond motifs is 2. The molecule has 1 aromatic carbocycles. The van der Waals surface area contributed by atoms with Crippen molar-refractivity contribution < 1.29 is 14.7 Å². The summed E-state index contributed by atoms with van der Waals surface area (Å²) in [5.74, 6) is 1.18. The number of likely N-dealkylation sites (N-methyl/N-ethyl adjacent to an activating group) is 1. The summed E-state index contributed by atoms with van der Waals surface area (Å²) in [7, 11) is 2.25. The summed E-state index contributed by atoms with van der Waals surface area (Å²) in [5, 5.41) is 23.9. The van der Waals surface area contributed by atoms with Crippen LogP contribution < -0.4 is 4.90 Å². The van der Waals surface area contributed by atoms with Crippen LogP contribution >= 0.6 is 0 Å². The zero-order chi connectivity index (χ0) is 20.8. The fourth-order valence-corrected chi connectivity index (χ4v) is 9.65. The number of rotatable bonds is 6. The van der Waals surface area contributed by atoms with Gasteiger partial charge in [0.2, 0.25) is 0 Å². The summed E-state index contributed by atoms with van der Waals surface area (Å²) in [5.41, 5.74) is 2.57. The molecule has 6 aliphatic rings. The minimum absolute atomic E-state index is 0.131.